The molecule has 0 spiro atoms. The van der Waals surface area contributed by atoms with Gasteiger partial charge in [0.1, 0.15) is 6.10 Å². The zero-order valence-corrected chi connectivity index (χ0v) is 19.4. The number of aromatic nitrogens is 2. The molecular formula is C27H30N4O3. The van der Waals surface area contributed by atoms with Crippen molar-refractivity contribution in [3.05, 3.63) is 89.5 Å². The predicted molar refractivity (Wildman–Crippen MR) is 128 cm³/mol. The molecule has 2 aromatic carbocycles. The Balaban J connectivity index is 1.17. The number of amides is 2. The van der Waals surface area contributed by atoms with E-state index in [1.807, 2.05) is 64.9 Å². The molecule has 5 rings (SSSR count). The fourth-order valence-corrected chi connectivity index (χ4v) is 4.83. The molecule has 2 amide bonds. The summed E-state index contributed by atoms with van der Waals surface area (Å²) < 4.78 is 8.09. The van der Waals surface area contributed by atoms with E-state index in [0.717, 1.165) is 16.8 Å². The Labute approximate surface area is 199 Å². The van der Waals surface area contributed by atoms with Crippen molar-refractivity contribution in [2.24, 2.45) is 5.92 Å². The Bertz CT molecular complexity index is 1140. The zero-order valence-electron chi connectivity index (χ0n) is 19.4. The minimum atomic E-state index is -0.0823. The van der Waals surface area contributed by atoms with Gasteiger partial charge in [0.2, 0.25) is 5.91 Å². The van der Waals surface area contributed by atoms with Crippen LogP contribution < -0.4 is 5.32 Å². The van der Waals surface area contributed by atoms with E-state index in [-0.39, 0.29) is 29.9 Å². The van der Waals surface area contributed by atoms with Crippen LogP contribution in [0.4, 0.5) is 0 Å². The number of carbonyl (C=O) groups excluding carboxylic acids is 2. The van der Waals surface area contributed by atoms with Crippen molar-refractivity contribution >= 4 is 11.8 Å². The van der Waals surface area contributed by atoms with Gasteiger partial charge in [-0.3, -0.25) is 9.59 Å². The summed E-state index contributed by atoms with van der Waals surface area (Å²) in [5.41, 5.74) is 3.50. The molecule has 2 atom stereocenters. The molecule has 3 heterocycles. The number of carbonyl (C=O) groups is 2. The Morgan fingerprint density at radius 1 is 1.03 bits per heavy atom. The van der Waals surface area contributed by atoms with Gasteiger partial charge in [-0.05, 0) is 30.9 Å². The van der Waals surface area contributed by atoms with Crippen LogP contribution in [0.25, 0.3) is 0 Å². The van der Waals surface area contributed by atoms with Crippen LogP contribution in [0.3, 0.4) is 0 Å². The molecule has 0 radical (unpaired) electrons. The number of nitrogens with zero attached hydrogens (tertiary/aromatic N) is 3. The Morgan fingerprint density at radius 3 is 2.41 bits per heavy atom. The third kappa shape index (κ3) is 4.61. The number of fused-ring (bicyclic) bond motifs is 1. The highest BCUT2D eigenvalue weighted by atomic mass is 16.5. The van der Waals surface area contributed by atoms with E-state index >= 15 is 0 Å². The average Bonchev–Trinajstić information content (AvgIpc) is 3.32. The molecular weight excluding hydrogens is 428 g/mol. The highest BCUT2D eigenvalue weighted by molar-refractivity contribution is 5.93. The molecule has 1 aromatic heterocycles. The third-order valence-corrected chi connectivity index (χ3v) is 6.92. The number of benzene rings is 2. The number of ether oxygens (including phenoxy) is 1. The van der Waals surface area contributed by atoms with E-state index in [0.29, 0.717) is 44.8 Å². The van der Waals surface area contributed by atoms with Gasteiger partial charge < -0.3 is 19.5 Å². The number of rotatable bonds is 5. The van der Waals surface area contributed by atoms with Crippen molar-refractivity contribution in [2.75, 3.05) is 13.1 Å². The predicted octanol–water partition coefficient (Wildman–Crippen LogP) is 3.88. The van der Waals surface area contributed by atoms with Crippen LogP contribution in [-0.2, 0) is 22.7 Å². The molecule has 1 saturated heterocycles. The lowest BCUT2D eigenvalue weighted by Gasteiger charge is -2.32. The quantitative estimate of drug-likeness (QED) is 0.630. The molecule has 2 aliphatic rings. The molecule has 0 unspecified atom stereocenters. The maximum absolute atomic E-state index is 13.2. The van der Waals surface area contributed by atoms with Crippen molar-refractivity contribution in [1.29, 1.82) is 0 Å². The van der Waals surface area contributed by atoms with Gasteiger partial charge in [-0.1, -0.05) is 60.7 Å². The molecule has 3 aromatic rings. The van der Waals surface area contributed by atoms with Crippen molar-refractivity contribution in [3.63, 3.8) is 0 Å². The molecule has 1 fully saturated rings. The molecule has 0 bridgehead atoms. The summed E-state index contributed by atoms with van der Waals surface area (Å²) in [6.07, 6.45) is 3.01. The molecule has 34 heavy (non-hydrogen) atoms. The van der Waals surface area contributed by atoms with Gasteiger partial charge in [-0.2, -0.15) is 0 Å². The number of piperidine rings is 1. The highest BCUT2D eigenvalue weighted by Gasteiger charge is 2.32. The summed E-state index contributed by atoms with van der Waals surface area (Å²) >= 11 is 0. The first-order valence-electron chi connectivity index (χ1n) is 12.0. The lowest BCUT2D eigenvalue weighted by atomic mass is 9.95. The van der Waals surface area contributed by atoms with Crippen LogP contribution in [-0.4, -0.2) is 39.4 Å². The Hall–Kier alpha value is -3.45. The molecule has 7 nitrogen and oxygen atoms in total. The SMILES string of the molecule is C[C@H](NC(=O)C1CCN(C(=O)c2ncn3c2CO[C@H](c2ccccc2)C3)CC1)c1ccccc1. The van der Waals surface area contributed by atoms with E-state index in [2.05, 4.69) is 22.4 Å². The van der Waals surface area contributed by atoms with Crippen molar-refractivity contribution in [3.8, 4) is 0 Å². The summed E-state index contributed by atoms with van der Waals surface area (Å²) in [5, 5.41) is 3.12. The molecule has 2 aliphatic heterocycles. The van der Waals surface area contributed by atoms with Crippen LogP contribution in [0, 0.1) is 5.92 Å². The van der Waals surface area contributed by atoms with Crippen LogP contribution in [0.2, 0.25) is 0 Å². The standard InChI is InChI=1S/C27H30N4O3/c1-19(20-8-4-2-5-9-20)29-26(32)22-12-14-30(15-13-22)27(33)25-23-17-34-24(16-31(23)18-28-25)21-10-6-3-7-11-21/h2-11,18-19,22,24H,12-17H2,1H3,(H,29,32)/t19-,24-/m0/s1. The molecule has 0 aliphatic carbocycles. The summed E-state index contributed by atoms with van der Waals surface area (Å²) in [5.74, 6) is -0.101. The third-order valence-electron chi connectivity index (χ3n) is 6.92. The fraction of sp³-hybridized carbons (Fsp3) is 0.370. The first kappa shape index (κ1) is 22.3. The van der Waals surface area contributed by atoms with Crippen molar-refractivity contribution < 1.29 is 14.3 Å². The van der Waals surface area contributed by atoms with Gasteiger partial charge in [0, 0.05) is 19.0 Å². The fourth-order valence-electron chi connectivity index (χ4n) is 4.83. The summed E-state index contributed by atoms with van der Waals surface area (Å²) in [7, 11) is 0. The monoisotopic (exact) mass is 458 g/mol. The Morgan fingerprint density at radius 2 is 1.71 bits per heavy atom. The number of likely N-dealkylation sites (tertiary alicyclic amines) is 1. The molecule has 0 saturated carbocycles. The minimum absolute atomic E-state index is 0.0369. The summed E-state index contributed by atoms with van der Waals surface area (Å²) in [6.45, 7) is 4.10. The van der Waals surface area contributed by atoms with Gasteiger partial charge in [0.05, 0.1) is 31.2 Å². The normalized spacial score (nSPS) is 19.3. The summed E-state index contributed by atoms with van der Waals surface area (Å²) in [4.78, 5) is 32.3. The van der Waals surface area contributed by atoms with Crippen LogP contribution in [0.15, 0.2) is 67.0 Å². The van der Waals surface area contributed by atoms with E-state index in [1.54, 1.807) is 6.33 Å². The van der Waals surface area contributed by atoms with E-state index in [9.17, 15) is 9.59 Å². The van der Waals surface area contributed by atoms with Crippen molar-refractivity contribution in [1.82, 2.24) is 19.8 Å². The van der Waals surface area contributed by atoms with Gasteiger partial charge in [0.15, 0.2) is 5.69 Å². The second kappa shape index (κ2) is 9.81. The number of hydrogen-bond donors (Lipinski definition) is 1. The molecule has 176 valence electrons. The van der Waals surface area contributed by atoms with E-state index < -0.39 is 0 Å². The van der Waals surface area contributed by atoms with Crippen molar-refractivity contribution in [2.45, 2.75) is 45.1 Å². The smallest absolute Gasteiger partial charge is 0.274 e. The lowest BCUT2D eigenvalue weighted by Crippen LogP contribution is -2.43. The number of nitrogens with one attached hydrogen (secondary N) is 1. The zero-order chi connectivity index (χ0) is 23.5. The maximum Gasteiger partial charge on any atom is 0.274 e. The second-order valence-corrected chi connectivity index (χ2v) is 9.11. The van der Waals surface area contributed by atoms with Gasteiger partial charge in [0.25, 0.3) is 5.91 Å². The lowest BCUT2D eigenvalue weighted by molar-refractivity contribution is -0.127. The Kier molecular flexibility index (Phi) is 6.45. The maximum atomic E-state index is 13.2. The second-order valence-electron chi connectivity index (χ2n) is 9.11. The van der Waals surface area contributed by atoms with Gasteiger partial charge >= 0.3 is 0 Å². The molecule has 1 N–H and O–H groups in total. The number of hydrogen-bond acceptors (Lipinski definition) is 4. The minimum Gasteiger partial charge on any atom is -0.365 e. The topological polar surface area (TPSA) is 76.5 Å². The molecule has 7 heteroatoms. The average molecular weight is 459 g/mol. The highest BCUT2D eigenvalue weighted by Crippen LogP contribution is 2.29. The first-order valence-corrected chi connectivity index (χ1v) is 12.0. The van der Waals surface area contributed by atoms with E-state index in [4.69, 9.17) is 4.74 Å². The van der Waals surface area contributed by atoms with Crippen LogP contribution in [0.1, 0.15) is 59.2 Å². The largest absolute Gasteiger partial charge is 0.365 e. The first-order chi connectivity index (χ1) is 16.6. The van der Waals surface area contributed by atoms with E-state index in [1.165, 1.54) is 0 Å². The van der Waals surface area contributed by atoms with Crippen LogP contribution in [0.5, 0.6) is 0 Å². The van der Waals surface area contributed by atoms with Gasteiger partial charge in [-0.15, -0.1) is 0 Å². The van der Waals surface area contributed by atoms with Crippen LogP contribution >= 0.6 is 0 Å². The summed E-state index contributed by atoms with van der Waals surface area (Å²) in [6, 6.07) is 20.0. The number of imidazole rings is 1. The van der Waals surface area contributed by atoms with Gasteiger partial charge in [-0.25, -0.2) is 4.98 Å².